The van der Waals surface area contributed by atoms with Crippen molar-refractivity contribution in [3.05, 3.63) is 71.0 Å². The van der Waals surface area contributed by atoms with Gasteiger partial charge in [0.2, 0.25) is 0 Å². The van der Waals surface area contributed by atoms with Gasteiger partial charge in [-0.05, 0) is 56.2 Å². The van der Waals surface area contributed by atoms with Crippen molar-refractivity contribution < 1.29 is 9.53 Å². The van der Waals surface area contributed by atoms with E-state index in [9.17, 15) is 4.79 Å². The van der Waals surface area contributed by atoms with Crippen molar-refractivity contribution in [1.82, 2.24) is 9.97 Å². The molecule has 0 amide bonds. The van der Waals surface area contributed by atoms with Gasteiger partial charge in [0, 0.05) is 40.1 Å². The summed E-state index contributed by atoms with van der Waals surface area (Å²) in [5.74, 6) is -0.248. The fourth-order valence-electron chi connectivity index (χ4n) is 3.86. The van der Waals surface area contributed by atoms with Crippen molar-refractivity contribution in [3.8, 4) is 0 Å². The summed E-state index contributed by atoms with van der Waals surface area (Å²) in [4.78, 5) is 19.1. The number of hydrogen-bond donors (Lipinski definition) is 2. The van der Waals surface area contributed by atoms with Gasteiger partial charge >= 0.3 is 5.97 Å². The van der Waals surface area contributed by atoms with Crippen molar-refractivity contribution in [1.29, 1.82) is 0 Å². The van der Waals surface area contributed by atoms with E-state index in [1.807, 2.05) is 19.3 Å². The number of ether oxygens (including phenoxy) is 1. The van der Waals surface area contributed by atoms with E-state index in [-0.39, 0.29) is 11.9 Å². The Hall–Kier alpha value is -3.01. The van der Waals surface area contributed by atoms with Crippen molar-refractivity contribution >= 4 is 27.8 Å². The molecular weight excluding hydrogens is 336 g/mol. The number of benzene rings is 2. The highest BCUT2D eigenvalue weighted by atomic mass is 16.5. The first-order valence-electron chi connectivity index (χ1n) is 9.37. The molecule has 138 valence electrons. The highest BCUT2D eigenvalue weighted by Gasteiger charge is 2.24. The van der Waals surface area contributed by atoms with Crippen molar-refractivity contribution in [3.63, 3.8) is 0 Å². The van der Waals surface area contributed by atoms with E-state index in [0.717, 1.165) is 32.9 Å². The summed E-state index contributed by atoms with van der Waals surface area (Å²) in [6, 6.07) is 12.7. The van der Waals surface area contributed by atoms with E-state index in [0.29, 0.717) is 13.0 Å². The zero-order valence-electron chi connectivity index (χ0n) is 15.9. The normalized spacial score (nSPS) is 11.6. The van der Waals surface area contributed by atoms with E-state index in [4.69, 9.17) is 4.74 Å². The summed E-state index contributed by atoms with van der Waals surface area (Å²) in [6.07, 6.45) is 4.38. The van der Waals surface area contributed by atoms with E-state index in [1.54, 1.807) is 0 Å². The molecule has 27 heavy (non-hydrogen) atoms. The molecule has 2 aromatic carbocycles. The first-order chi connectivity index (χ1) is 13.1. The molecule has 0 saturated heterocycles. The minimum absolute atomic E-state index is 0.0739. The maximum Gasteiger partial charge on any atom is 0.306 e. The fourth-order valence-corrected chi connectivity index (χ4v) is 3.86. The van der Waals surface area contributed by atoms with E-state index >= 15 is 0 Å². The molecule has 0 unspecified atom stereocenters. The lowest BCUT2D eigenvalue weighted by molar-refractivity contribution is -0.143. The van der Waals surface area contributed by atoms with Gasteiger partial charge in [-0.25, -0.2) is 0 Å². The van der Waals surface area contributed by atoms with Crippen LogP contribution in [-0.2, 0) is 9.53 Å². The lowest BCUT2D eigenvalue weighted by atomic mass is 9.87. The van der Waals surface area contributed by atoms with Gasteiger partial charge in [-0.1, -0.05) is 23.3 Å². The van der Waals surface area contributed by atoms with Crippen LogP contribution in [0.4, 0.5) is 0 Å². The van der Waals surface area contributed by atoms with Crippen LogP contribution in [0.15, 0.2) is 48.8 Å². The smallest absolute Gasteiger partial charge is 0.306 e. The number of carbonyl (C=O) groups excluding carboxylic acids is 1. The van der Waals surface area contributed by atoms with Crippen molar-refractivity contribution in [2.75, 3.05) is 6.61 Å². The molecule has 0 spiro atoms. The average Bonchev–Trinajstić information content (AvgIpc) is 3.23. The lowest BCUT2D eigenvalue weighted by Gasteiger charge is -2.16. The number of aromatic nitrogens is 2. The zero-order valence-corrected chi connectivity index (χ0v) is 15.9. The topological polar surface area (TPSA) is 57.9 Å². The quantitative estimate of drug-likeness (QED) is 0.471. The first-order valence-corrected chi connectivity index (χ1v) is 9.37. The fraction of sp³-hybridized carbons (Fsp3) is 0.261. The Kier molecular flexibility index (Phi) is 4.48. The third-order valence-corrected chi connectivity index (χ3v) is 5.17. The summed E-state index contributed by atoms with van der Waals surface area (Å²) < 4.78 is 5.28. The molecule has 2 heterocycles. The molecule has 4 aromatic rings. The lowest BCUT2D eigenvalue weighted by Crippen LogP contribution is -2.11. The number of nitrogens with one attached hydrogen (secondary N) is 2. The molecule has 0 aliphatic heterocycles. The van der Waals surface area contributed by atoms with Gasteiger partial charge in [0.05, 0.1) is 13.0 Å². The molecule has 0 saturated carbocycles. The summed E-state index contributed by atoms with van der Waals surface area (Å²) >= 11 is 0. The van der Waals surface area contributed by atoms with Crippen molar-refractivity contribution in [2.45, 2.75) is 33.1 Å². The van der Waals surface area contributed by atoms with Crippen molar-refractivity contribution in [2.24, 2.45) is 0 Å². The maximum atomic E-state index is 12.4. The number of aryl methyl sites for hydroxylation is 2. The minimum atomic E-state index is -0.175. The third-order valence-electron chi connectivity index (χ3n) is 5.17. The molecule has 0 radical (unpaired) electrons. The number of fused-ring (bicyclic) bond motifs is 2. The summed E-state index contributed by atoms with van der Waals surface area (Å²) in [7, 11) is 0. The first kappa shape index (κ1) is 17.4. The average molecular weight is 360 g/mol. The van der Waals surface area contributed by atoms with Crippen LogP contribution in [0.25, 0.3) is 21.8 Å². The molecule has 0 bridgehead atoms. The zero-order chi connectivity index (χ0) is 19.0. The van der Waals surface area contributed by atoms with Crippen LogP contribution in [0, 0.1) is 13.8 Å². The van der Waals surface area contributed by atoms with Crippen LogP contribution in [0.3, 0.4) is 0 Å². The van der Waals surface area contributed by atoms with Gasteiger partial charge in [-0.2, -0.15) is 0 Å². The summed E-state index contributed by atoms with van der Waals surface area (Å²) in [5.41, 5.74) is 6.83. The molecule has 4 rings (SSSR count). The predicted molar refractivity (Wildman–Crippen MR) is 109 cm³/mol. The van der Waals surface area contributed by atoms with E-state index in [2.05, 4.69) is 60.2 Å². The van der Waals surface area contributed by atoms with Crippen LogP contribution >= 0.6 is 0 Å². The molecule has 2 N–H and O–H groups in total. The number of H-pyrrole nitrogens is 2. The predicted octanol–water partition coefficient (Wildman–Crippen LogP) is 5.35. The van der Waals surface area contributed by atoms with Gasteiger partial charge in [0.25, 0.3) is 0 Å². The van der Waals surface area contributed by atoms with E-state index in [1.165, 1.54) is 11.1 Å². The monoisotopic (exact) mass is 360 g/mol. The highest BCUT2D eigenvalue weighted by molar-refractivity contribution is 5.90. The SMILES string of the molecule is CCOC(=O)CC(c1c[nH]c2ccc(C)cc12)c1c[nH]c2ccc(C)cc12. The second-order valence-corrected chi connectivity index (χ2v) is 7.15. The van der Waals surface area contributed by atoms with Gasteiger partial charge < -0.3 is 14.7 Å². The molecular formula is C23H24N2O2. The number of esters is 1. The van der Waals surface area contributed by atoms with Gasteiger partial charge in [0.1, 0.15) is 0 Å². The Morgan fingerprint density at radius 1 is 0.926 bits per heavy atom. The second kappa shape index (κ2) is 6.95. The molecule has 4 nitrogen and oxygen atoms in total. The number of rotatable bonds is 5. The Morgan fingerprint density at radius 2 is 1.44 bits per heavy atom. The number of hydrogen-bond acceptors (Lipinski definition) is 2. The van der Waals surface area contributed by atoms with Crippen LogP contribution in [0.2, 0.25) is 0 Å². The Bertz CT molecular complexity index is 1040. The Balaban J connectivity index is 1.89. The molecule has 0 aliphatic rings. The van der Waals surface area contributed by atoms with E-state index < -0.39 is 0 Å². The highest BCUT2D eigenvalue weighted by Crippen LogP contribution is 2.37. The molecule has 0 fully saturated rings. The largest absolute Gasteiger partial charge is 0.466 e. The molecule has 2 aromatic heterocycles. The van der Waals surface area contributed by atoms with Crippen LogP contribution in [0.1, 0.15) is 41.5 Å². The van der Waals surface area contributed by atoms with Crippen LogP contribution in [-0.4, -0.2) is 22.5 Å². The Labute approximate surface area is 158 Å². The number of aromatic amines is 2. The minimum Gasteiger partial charge on any atom is -0.466 e. The second-order valence-electron chi connectivity index (χ2n) is 7.15. The van der Waals surface area contributed by atoms with Crippen LogP contribution < -0.4 is 0 Å². The summed E-state index contributed by atoms with van der Waals surface area (Å²) in [5, 5.41) is 2.32. The third kappa shape index (κ3) is 3.23. The van der Waals surface area contributed by atoms with Gasteiger partial charge in [0.15, 0.2) is 0 Å². The number of carbonyl (C=O) groups is 1. The van der Waals surface area contributed by atoms with Gasteiger partial charge in [-0.3, -0.25) is 4.79 Å². The van der Waals surface area contributed by atoms with Gasteiger partial charge in [-0.15, -0.1) is 0 Å². The maximum absolute atomic E-state index is 12.4. The molecule has 0 aliphatic carbocycles. The Morgan fingerprint density at radius 3 is 1.93 bits per heavy atom. The standard InChI is InChI=1S/C23H24N2O2/c1-4-27-23(26)11-16(19-12-24-21-7-5-14(2)9-17(19)21)20-13-25-22-8-6-15(3)10-18(20)22/h5-10,12-13,16,24-25H,4,11H2,1-3H3. The van der Waals surface area contributed by atoms with Crippen LogP contribution in [0.5, 0.6) is 0 Å². The summed E-state index contributed by atoms with van der Waals surface area (Å²) in [6.45, 7) is 6.42. The molecule has 4 heteroatoms. The molecule has 0 atom stereocenters.